The van der Waals surface area contributed by atoms with Crippen molar-refractivity contribution in [3.8, 4) is 0 Å². The largest absolute Gasteiger partial charge is 0.271 e. The summed E-state index contributed by atoms with van der Waals surface area (Å²) in [6, 6.07) is 0. The Morgan fingerprint density at radius 1 is 1.55 bits per heavy atom. The lowest BCUT2D eigenvalue weighted by Crippen LogP contribution is -1.96. The van der Waals surface area contributed by atoms with Crippen LogP contribution in [0, 0.1) is 6.92 Å². The van der Waals surface area contributed by atoms with Crippen LogP contribution in [0.4, 0.5) is 0 Å². The molecule has 2 nitrogen and oxygen atoms in total. The summed E-state index contributed by atoms with van der Waals surface area (Å²) >= 11 is 1.71. The molecule has 0 amide bonds. The van der Waals surface area contributed by atoms with Crippen LogP contribution < -0.4 is 0 Å². The normalized spacial score (nSPS) is 10.5. The molecule has 1 heterocycles. The summed E-state index contributed by atoms with van der Waals surface area (Å²) in [6.45, 7) is 4.30. The number of aromatic nitrogens is 2. The fourth-order valence-electron chi connectivity index (χ4n) is 1.33. The van der Waals surface area contributed by atoms with Crippen molar-refractivity contribution in [3.05, 3.63) is 11.3 Å². The summed E-state index contributed by atoms with van der Waals surface area (Å²) < 4.78 is 1.97. The molecule has 0 aromatic carbocycles. The molecule has 1 aromatic heterocycles. The molecule has 0 radical (unpaired) electrons. The highest BCUT2D eigenvalue weighted by atomic mass is 32.2. The molecule has 0 saturated heterocycles. The summed E-state index contributed by atoms with van der Waals surface area (Å²) in [5.41, 5.74) is 2.68. The SMILES string of the molecule is CCc1c(C)c(SC)nn1C. The van der Waals surface area contributed by atoms with Crippen LogP contribution in [0.3, 0.4) is 0 Å². The van der Waals surface area contributed by atoms with Crippen LogP contribution in [0.2, 0.25) is 0 Å². The van der Waals surface area contributed by atoms with Gasteiger partial charge in [0.25, 0.3) is 0 Å². The van der Waals surface area contributed by atoms with Crippen molar-refractivity contribution in [3.63, 3.8) is 0 Å². The molecule has 0 bridgehead atoms. The van der Waals surface area contributed by atoms with E-state index in [9.17, 15) is 0 Å². The number of nitrogens with zero attached hydrogens (tertiary/aromatic N) is 2. The van der Waals surface area contributed by atoms with Gasteiger partial charge >= 0.3 is 0 Å². The molecule has 0 aliphatic carbocycles. The lowest BCUT2D eigenvalue weighted by Gasteiger charge is -1.96. The molecule has 0 spiro atoms. The topological polar surface area (TPSA) is 17.8 Å². The van der Waals surface area contributed by atoms with Crippen molar-refractivity contribution in [2.45, 2.75) is 25.3 Å². The molecule has 0 aliphatic rings. The number of aryl methyl sites for hydroxylation is 1. The Hall–Kier alpha value is -0.440. The minimum Gasteiger partial charge on any atom is -0.271 e. The van der Waals surface area contributed by atoms with Gasteiger partial charge in [0.15, 0.2) is 0 Å². The average molecular weight is 170 g/mol. The summed E-state index contributed by atoms with van der Waals surface area (Å²) in [7, 11) is 2.01. The molecule has 0 N–H and O–H groups in total. The molecule has 11 heavy (non-hydrogen) atoms. The molecular weight excluding hydrogens is 156 g/mol. The van der Waals surface area contributed by atoms with E-state index in [1.807, 2.05) is 11.7 Å². The van der Waals surface area contributed by atoms with Gasteiger partial charge in [-0.05, 0) is 19.6 Å². The van der Waals surface area contributed by atoms with Gasteiger partial charge in [-0.15, -0.1) is 11.8 Å². The third-order valence-corrected chi connectivity index (χ3v) is 2.69. The van der Waals surface area contributed by atoms with E-state index in [4.69, 9.17) is 0 Å². The Morgan fingerprint density at radius 2 is 2.18 bits per heavy atom. The van der Waals surface area contributed by atoms with Crippen molar-refractivity contribution >= 4 is 11.8 Å². The minimum atomic E-state index is 1.07. The number of thioether (sulfide) groups is 1. The van der Waals surface area contributed by atoms with Gasteiger partial charge < -0.3 is 0 Å². The Labute approximate surface area is 72.0 Å². The first-order valence-corrected chi connectivity index (χ1v) is 4.99. The standard InChI is InChI=1S/C8H14N2S/c1-5-7-6(2)8(11-4)9-10(7)3/h5H2,1-4H3. The number of hydrogen-bond acceptors (Lipinski definition) is 2. The second-order valence-corrected chi connectivity index (χ2v) is 3.35. The highest BCUT2D eigenvalue weighted by Gasteiger charge is 2.08. The molecule has 3 heteroatoms. The fraction of sp³-hybridized carbons (Fsp3) is 0.625. The first-order valence-electron chi connectivity index (χ1n) is 3.77. The number of rotatable bonds is 2. The van der Waals surface area contributed by atoms with Gasteiger partial charge in [0.2, 0.25) is 0 Å². The second-order valence-electron chi connectivity index (χ2n) is 2.56. The van der Waals surface area contributed by atoms with E-state index in [0.29, 0.717) is 0 Å². The summed E-state index contributed by atoms with van der Waals surface area (Å²) in [5, 5.41) is 5.54. The maximum atomic E-state index is 4.38. The first kappa shape index (κ1) is 8.65. The molecule has 0 unspecified atom stereocenters. The van der Waals surface area contributed by atoms with Crippen molar-refractivity contribution in [2.24, 2.45) is 7.05 Å². The van der Waals surface area contributed by atoms with Crippen molar-refractivity contribution in [1.29, 1.82) is 0 Å². The predicted molar refractivity (Wildman–Crippen MR) is 49.1 cm³/mol. The van der Waals surface area contributed by atoms with E-state index in [1.54, 1.807) is 11.8 Å². The van der Waals surface area contributed by atoms with Gasteiger partial charge in [-0.3, -0.25) is 4.68 Å². The van der Waals surface area contributed by atoms with Gasteiger partial charge in [-0.2, -0.15) is 5.10 Å². The van der Waals surface area contributed by atoms with Crippen molar-refractivity contribution in [1.82, 2.24) is 9.78 Å². The van der Waals surface area contributed by atoms with Crippen LogP contribution in [0.15, 0.2) is 5.03 Å². The zero-order chi connectivity index (χ0) is 8.43. The van der Waals surface area contributed by atoms with Crippen molar-refractivity contribution < 1.29 is 0 Å². The maximum Gasteiger partial charge on any atom is 0.121 e. The van der Waals surface area contributed by atoms with Gasteiger partial charge in [0, 0.05) is 18.3 Å². The van der Waals surface area contributed by atoms with Crippen LogP contribution >= 0.6 is 11.8 Å². The third-order valence-electron chi connectivity index (χ3n) is 1.91. The van der Waals surface area contributed by atoms with Gasteiger partial charge in [0.1, 0.15) is 5.03 Å². The molecule has 0 atom stereocenters. The predicted octanol–water partition coefficient (Wildman–Crippen LogP) is 2.01. The van der Waals surface area contributed by atoms with E-state index < -0.39 is 0 Å². The van der Waals surface area contributed by atoms with E-state index >= 15 is 0 Å². The molecule has 62 valence electrons. The molecule has 0 aliphatic heterocycles. The lowest BCUT2D eigenvalue weighted by atomic mass is 10.2. The zero-order valence-corrected chi connectivity index (χ0v) is 8.33. The molecular formula is C8H14N2S. The fourth-order valence-corrected chi connectivity index (χ4v) is 1.95. The third kappa shape index (κ3) is 1.43. The van der Waals surface area contributed by atoms with E-state index in [0.717, 1.165) is 11.4 Å². The lowest BCUT2D eigenvalue weighted by molar-refractivity contribution is 0.698. The van der Waals surface area contributed by atoms with E-state index in [1.165, 1.54) is 11.3 Å². The highest BCUT2D eigenvalue weighted by Crippen LogP contribution is 2.20. The maximum absolute atomic E-state index is 4.38. The summed E-state index contributed by atoms with van der Waals surface area (Å²) in [5.74, 6) is 0. The van der Waals surface area contributed by atoms with Crippen LogP contribution in [-0.4, -0.2) is 16.0 Å². The second kappa shape index (κ2) is 3.30. The van der Waals surface area contributed by atoms with Gasteiger partial charge in [-0.1, -0.05) is 6.92 Å². The van der Waals surface area contributed by atoms with Crippen LogP contribution in [0.25, 0.3) is 0 Å². The monoisotopic (exact) mass is 170 g/mol. The van der Waals surface area contributed by atoms with Crippen LogP contribution in [-0.2, 0) is 13.5 Å². The first-order chi connectivity index (χ1) is 5.20. The average Bonchev–Trinajstić information content (AvgIpc) is 2.26. The van der Waals surface area contributed by atoms with E-state index in [-0.39, 0.29) is 0 Å². The molecule has 1 aromatic rings. The Balaban J connectivity index is 3.14. The molecule has 1 rings (SSSR count). The quantitative estimate of drug-likeness (QED) is 0.632. The zero-order valence-electron chi connectivity index (χ0n) is 7.51. The minimum absolute atomic E-state index is 1.07. The van der Waals surface area contributed by atoms with E-state index in [2.05, 4.69) is 25.2 Å². The van der Waals surface area contributed by atoms with Gasteiger partial charge in [-0.25, -0.2) is 0 Å². The Morgan fingerprint density at radius 3 is 2.45 bits per heavy atom. The highest BCUT2D eigenvalue weighted by molar-refractivity contribution is 7.98. The van der Waals surface area contributed by atoms with Crippen LogP contribution in [0.1, 0.15) is 18.2 Å². The molecule has 0 saturated carbocycles. The summed E-state index contributed by atoms with van der Waals surface area (Å²) in [4.78, 5) is 0. The van der Waals surface area contributed by atoms with Crippen LogP contribution in [0.5, 0.6) is 0 Å². The smallest absolute Gasteiger partial charge is 0.121 e. The van der Waals surface area contributed by atoms with Gasteiger partial charge in [0.05, 0.1) is 0 Å². The Kier molecular flexibility index (Phi) is 2.60. The summed E-state index contributed by atoms with van der Waals surface area (Å²) in [6.07, 6.45) is 3.13. The van der Waals surface area contributed by atoms with Crippen molar-refractivity contribution in [2.75, 3.05) is 6.26 Å². The Bertz CT molecular complexity index is 253. The number of hydrogen-bond donors (Lipinski definition) is 0. The molecule has 0 fully saturated rings.